The number of rotatable bonds is 13. The molecule has 1 N–H and O–H groups in total. The Bertz CT molecular complexity index is 1070. The maximum absolute atomic E-state index is 12.9. The molecular formula is C27H34N2O7. The Morgan fingerprint density at radius 3 is 2.53 bits per heavy atom. The maximum Gasteiger partial charge on any atom is 0.302 e. The van der Waals surface area contributed by atoms with Gasteiger partial charge in [-0.1, -0.05) is 6.07 Å². The molecule has 9 nitrogen and oxygen atoms in total. The van der Waals surface area contributed by atoms with E-state index < -0.39 is 0 Å². The van der Waals surface area contributed by atoms with Crippen LogP contribution in [-0.2, 0) is 32.0 Å². The molecule has 2 aromatic rings. The van der Waals surface area contributed by atoms with Gasteiger partial charge < -0.3 is 29.2 Å². The van der Waals surface area contributed by atoms with Gasteiger partial charge in [0.1, 0.15) is 12.4 Å². The average molecular weight is 499 g/mol. The van der Waals surface area contributed by atoms with E-state index >= 15 is 0 Å². The van der Waals surface area contributed by atoms with E-state index in [4.69, 9.17) is 18.9 Å². The second kappa shape index (κ2) is 13.4. The molecule has 1 aliphatic heterocycles. The number of carbonyl (C=O) groups excluding carboxylic acids is 3. The second-order valence-electron chi connectivity index (χ2n) is 8.48. The number of nitrogens with zero attached hydrogens (tertiary/aromatic N) is 1. The summed E-state index contributed by atoms with van der Waals surface area (Å²) in [7, 11) is 3.17. The summed E-state index contributed by atoms with van der Waals surface area (Å²) in [5.41, 5.74) is 2.88. The molecule has 0 fully saturated rings. The fraction of sp³-hybridized carbons (Fsp3) is 0.444. The zero-order valence-corrected chi connectivity index (χ0v) is 21.1. The van der Waals surface area contributed by atoms with Gasteiger partial charge in [-0.2, -0.15) is 0 Å². The molecule has 0 saturated carbocycles. The Labute approximate surface area is 211 Å². The van der Waals surface area contributed by atoms with Gasteiger partial charge in [0.05, 0.1) is 27.4 Å². The second-order valence-corrected chi connectivity index (χ2v) is 8.48. The molecule has 0 saturated heterocycles. The number of anilines is 1. The van der Waals surface area contributed by atoms with E-state index in [1.54, 1.807) is 19.1 Å². The van der Waals surface area contributed by atoms with E-state index in [1.165, 1.54) is 6.92 Å². The van der Waals surface area contributed by atoms with Gasteiger partial charge >= 0.3 is 5.97 Å². The number of hydrogen-bond donors (Lipinski definition) is 1. The van der Waals surface area contributed by atoms with E-state index in [9.17, 15) is 14.4 Å². The molecule has 0 radical (unpaired) electrons. The summed E-state index contributed by atoms with van der Waals surface area (Å²) in [5.74, 6) is 1.62. The summed E-state index contributed by atoms with van der Waals surface area (Å²) < 4.78 is 21.5. The lowest BCUT2D eigenvalue weighted by Gasteiger charge is -2.23. The average Bonchev–Trinajstić information content (AvgIpc) is 2.88. The van der Waals surface area contributed by atoms with Crippen LogP contribution in [0.5, 0.6) is 17.2 Å². The molecule has 0 atom stereocenters. The van der Waals surface area contributed by atoms with Crippen molar-refractivity contribution in [2.24, 2.45) is 0 Å². The Balaban J connectivity index is 1.51. The molecule has 194 valence electrons. The first-order valence-electron chi connectivity index (χ1n) is 12.1. The Morgan fingerprint density at radius 1 is 0.972 bits per heavy atom. The summed E-state index contributed by atoms with van der Waals surface area (Å²) in [6, 6.07) is 11.3. The number of hydrogen-bond acceptors (Lipinski definition) is 7. The summed E-state index contributed by atoms with van der Waals surface area (Å²) in [4.78, 5) is 37.3. The van der Waals surface area contributed by atoms with E-state index in [2.05, 4.69) is 5.32 Å². The number of carbonyl (C=O) groups is 3. The largest absolute Gasteiger partial charge is 0.494 e. The summed E-state index contributed by atoms with van der Waals surface area (Å²) in [5, 5.41) is 2.85. The molecule has 0 spiro atoms. The Kier molecular flexibility index (Phi) is 9.97. The van der Waals surface area contributed by atoms with Gasteiger partial charge in [-0.3, -0.25) is 14.4 Å². The molecule has 2 aromatic carbocycles. The van der Waals surface area contributed by atoms with Crippen LogP contribution in [0, 0.1) is 0 Å². The van der Waals surface area contributed by atoms with Gasteiger partial charge in [-0.05, 0) is 60.7 Å². The van der Waals surface area contributed by atoms with Crippen molar-refractivity contribution in [1.29, 1.82) is 0 Å². The summed E-state index contributed by atoms with van der Waals surface area (Å²) in [6.07, 6.45) is 2.64. The fourth-order valence-corrected chi connectivity index (χ4v) is 3.98. The molecule has 1 aliphatic rings. The van der Waals surface area contributed by atoms with Crippen LogP contribution >= 0.6 is 0 Å². The first-order valence-corrected chi connectivity index (χ1v) is 12.1. The van der Waals surface area contributed by atoms with E-state index in [-0.39, 0.29) is 24.4 Å². The van der Waals surface area contributed by atoms with E-state index in [1.807, 2.05) is 36.4 Å². The van der Waals surface area contributed by atoms with Gasteiger partial charge in [-0.15, -0.1) is 0 Å². The van der Waals surface area contributed by atoms with Crippen LogP contribution in [-0.4, -0.2) is 63.2 Å². The summed E-state index contributed by atoms with van der Waals surface area (Å²) >= 11 is 0. The third kappa shape index (κ3) is 7.90. The van der Waals surface area contributed by atoms with Crippen molar-refractivity contribution in [3.8, 4) is 17.2 Å². The lowest BCUT2D eigenvalue weighted by Crippen LogP contribution is -2.36. The van der Waals surface area contributed by atoms with E-state index in [0.29, 0.717) is 63.3 Å². The fourth-order valence-electron chi connectivity index (χ4n) is 3.98. The van der Waals surface area contributed by atoms with Gasteiger partial charge in [0, 0.05) is 32.0 Å². The number of methoxy groups -OCH3 is 2. The van der Waals surface area contributed by atoms with Crippen molar-refractivity contribution in [3.05, 3.63) is 47.5 Å². The number of esters is 1. The molecule has 1 heterocycles. The SMILES string of the molecule is COc1ccc(CCN(CCOC(C)=O)C(=O)CCCOc2ccc3c(c2)CCC(=O)N3)cc1OC. The number of fused-ring (bicyclic) bond motifs is 1. The predicted octanol–water partition coefficient (Wildman–Crippen LogP) is 3.38. The van der Waals surface area contributed by atoms with Crippen molar-refractivity contribution in [2.75, 3.05) is 45.8 Å². The normalized spacial score (nSPS) is 12.2. The standard InChI is InChI=1S/C27H34N2O7/c1-19(30)35-16-14-29(13-12-20-6-10-24(33-2)25(17-20)34-3)27(32)5-4-15-36-22-8-9-23-21(18-22)7-11-26(31)28-23/h6,8-10,17-18H,4-5,7,11-16H2,1-3H3,(H,28,31). The zero-order valence-electron chi connectivity index (χ0n) is 21.1. The highest BCUT2D eigenvalue weighted by Gasteiger charge is 2.17. The predicted molar refractivity (Wildman–Crippen MR) is 135 cm³/mol. The van der Waals surface area contributed by atoms with Crippen LogP contribution in [0.2, 0.25) is 0 Å². The number of aryl methyl sites for hydroxylation is 1. The smallest absolute Gasteiger partial charge is 0.302 e. The lowest BCUT2D eigenvalue weighted by atomic mass is 10.0. The quantitative estimate of drug-likeness (QED) is 0.334. The highest BCUT2D eigenvalue weighted by molar-refractivity contribution is 5.94. The van der Waals surface area contributed by atoms with Gasteiger partial charge in [0.15, 0.2) is 11.5 Å². The highest BCUT2D eigenvalue weighted by Crippen LogP contribution is 2.28. The third-order valence-electron chi connectivity index (χ3n) is 5.91. The first kappa shape index (κ1) is 26.8. The third-order valence-corrected chi connectivity index (χ3v) is 5.91. The van der Waals surface area contributed by atoms with Gasteiger partial charge in [0.2, 0.25) is 11.8 Å². The van der Waals surface area contributed by atoms with Crippen molar-refractivity contribution < 1.29 is 33.3 Å². The molecule has 9 heteroatoms. The van der Waals surface area contributed by atoms with Crippen molar-refractivity contribution >= 4 is 23.5 Å². The number of ether oxygens (including phenoxy) is 4. The molecule has 0 bridgehead atoms. The Hall–Kier alpha value is -3.75. The monoisotopic (exact) mass is 498 g/mol. The van der Waals surface area contributed by atoms with E-state index in [0.717, 1.165) is 22.6 Å². The molecule has 2 amide bonds. The highest BCUT2D eigenvalue weighted by atomic mass is 16.5. The summed E-state index contributed by atoms with van der Waals surface area (Å²) in [6.45, 7) is 2.69. The minimum atomic E-state index is -0.375. The van der Waals surface area contributed by atoms with Gasteiger partial charge in [-0.25, -0.2) is 0 Å². The zero-order chi connectivity index (χ0) is 25.9. The number of nitrogens with one attached hydrogen (secondary N) is 1. The van der Waals surface area contributed by atoms with Crippen LogP contribution in [0.25, 0.3) is 0 Å². The van der Waals surface area contributed by atoms with Crippen molar-refractivity contribution in [3.63, 3.8) is 0 Å². The van der Waals surface area contributed by atoms with Crippen LogP contribution in [0.3, 0.4) is 0 Å². The van der Waals surface area contributed by atoms with Crippen LogP contribution in [0.1, 0.15) is 37.3 Å². The van der Waals surface area contributed by atoms with Crippen LogP contribution < -0.4 is 19.5 Å². The molecule has 0 aromatic heterocycles. The molecule has 36 heavy (non-hydrogen) atoms. The lowest BCUT2D eigenvalue weighted by molar-refractivity contribution is -0.143. The van der Waals surface area contributed by atoms with Gasteiger partial charge in [0.25, 0.3) is 0 Å². The number of amides is 2. The molecule has 3 rings (SSSR count). The molecule has 0 unspecified atom stereocenters. The van der Waals surface area contributed by atoms with Crippen LogP contribution in [0.4, 0.5) is 5.69 Å². The molecule has 0 aliphatic carbocycles. The van der Waals surface area contributed by atoms with Crippen LogP contribution in [0.15, 0.2) is 36.4 Å². The number of benzene rings is 2. The van der Waals surface area contributed by atoms with Crippen molar-refractivity contribution in [1.82, 2.24) is 4.90 Å². The first-order chi connectivity index (χ1) is 17.4. The maximum atomic E-state index is 12.9. The topological polar surface area (TPSA) is 103 Å². The molecular weight excluding hydrogens is 464 g/mol. The van der Waals surface area contributed by atoms with Crippen molar-refractivity contribution in [2.45, 2.75) is 39.0 Å². The Morgan fingerprint density at radius 2 is 1.78 bits per heavy atom. The minimum Gasteiger partial charge on any atom is -0.494 e. The minimum absolute atomic E-state index is 0.0269.